The Morgan fingerprint density at radius 3 is 1.96 bits per heavy atom. The van der Waals surface area contributed by atoms with Crippen LogP contribution in [-0.4, -0.2) is 43.3 Å². The van der Waals surface area contributed by atoms with Gasteiger partial charge in [0, 0.05) is 23.5 Å². The van der Waals surface area contributed by atoms with Crippen molar-refractivity contribution in [2.75, 3.05) is 10.8 Å². The van der Waals surface area contributed by atoms with Crippen LogP contribution < -0.4 is 9.62 Å². The number of nitrogens with one attached hydrogen (secondary N) is 1. The normalized spacial score (nSPS) is 12.7. The Morgan fingerprint density at radius 1 is 0.812 bits per heavy atom. The minimum atomic E-state index is -4.91. The quantitative estimate of drug-likeness (QED) is 0.172. The number of hydrogen-bond donors (Lipinski definition) is 1. The van der Waals surface area contributed by atoms with Gasteiger partial charge in [0.25, 0.3) is 10.0 Å². The molecule has 0 fully saturated rings. The summed E-state index contributed by atoms with van der Waals surface area (Å²) in [5.74, 6) is -1.34. The van der Waals surface area contributed by atoms with E-state index >= 15 is 0 Å². The van der Waals surface area contributed by atoms with E-state index in [2.05, 4.69) is 5.32 Å². The zero-order chi connectivity index (χ0) is 35.3. The maximum atomic E-state index is 14.5. The highest BCUT2D eigenvalue weighted by atomic mass is 35.5. The smallest absolute Gasteiger partial charge is 0.350 e. The first-order valence-electron chi connectivity index (χ1n) is 14.8. The monoisotopic (exact) mass is 719 g/mol. The molecule has 0 aliphatic heterocycles. The molecule has 0 spiro atoms. The number of halogens is 5. The van der Waals surface area contributed by atoms with Crippen LogP contribution in [0, 0.1) is 0 Å². The maximum Gasteiger partial charge on any atom is 0.417 e. The molecule has 0 unspecified atom stereocenters. The molecule has 0 aliphatic rings. The Balaban J connectivity index is 1.87. The number of rotatable bonds is 11. The zero-order valence-corrected chi connectivity index (χ0v) is 28.7. The van der Waals surface area contributed by atoms with E-state index in [1.54, 1.807) is 81.4 Å². The van der Waals surface area contributed by atoms with Gasteiger partial charge in [-0.05, 0) is 74.4 Å². The number of benzene rings is 4. The second kappa shape index (κ2) is 15.0. The Morgan fingerprint density at radius 2 is 1.40 bits per heavy atom. The summed E-state index contributed by atoms with van der Waals surface area (Å²) < 4.78 is 70.5. The molecule has 4 aromatic carbocycles. The van der Waals surface area contributed by atoms with E-state index in [1.165, 1.54) is 29.2 Å². The molecule has 1 atom stereocenters. The van der Waals surface area contributed by atoms with Crippen LogP contribution in [0.25, 0.3) is 0 Å². The summed E-state index contributed by atoms with van der Waals surface area (Å²) in [4.78, 5) is 29.4. The molecule has 0 heterocycles. The number of alkyl halides is 3. The summed E-state index contributed by atoms with van der Waals surface area (Å²) in [6.07, 6.45) is -4.85. The van der Waals surface area contributed by atoms with Crippen molar-refractivity contribution in [3.05, 3.63) is 130 Å². The van der Waals surface area contributed by atoms with E-state index in [-0.39, 0.29) is 17.9 Å². The number of carbonyl (C=O) groups excluding carboxylic acids is 2. The van der Waals surface area contributed by atoms with E-state index in [4.69, 9.17) is 23.2 Å². The highest BCUT2D eigenvalue weighted by Gasteiger charge is 2.38. The SMILES string of the molecule is CC(C)(C)NC(=O)[C@@H](Cc1ccccc1)N(Cc1ccc(Cl)cc1)C(=O)CN(c1ccc(Cl)c(C(F)(F)F)c1)S(=O)(=O)c1ccccc1. The van der Waals surface area contributed by atoms with Gasteiger partial charge in [0.1, 0.15) is 12.6 Å². The molecular formula is C35H34Cl2F3N3O4S. The van der Waals surface area contributed by atoms with Crippen molar-refractivity contribution < 1.29 is 31.2 Å². The summed E-state index contributed by atoms with van der Waals surface area (Å²) >= 11 is 12.0. The fourth-order valence-corrected chi connectivity index (χ4v) is 6.71. The predicted octanol–water partition coefficient (Wildman–Crippen LogP) is 7.76. The lowest BCUT2D eigenvalue weighted by molar-refractivity contribution is -0.140. The lowest BCUT2D eigenvalue weighted by Crippen LogP contribution is -2.56. The van der Waals surface area contributed by atoms with Crippen molar-refractivity contribution in [3.8, 4) is 0 Å². The maximum absolute atomic E-state index is 14.5. The average molecular weight is 721 g/mol. The molecule has 254 valence electrons. The van der Waals surface area contributed by atoms with Crippen LogP contribution in [0.3, 0.4) is 0 Å². The zero-order valence-electron chi connectivity index (χ0n) is 26.3. The number of nitrogens with zero attached hydrogens (tertiary/aromatic N) is 2. The standard InChI is InChI=1S/C35H34Cl2F3N3O4S/c1-34(2,3)41-33(45)31(20-24-10-6-4-7-11-24)42(22-25-14-16-26(36)17-15-25)32(44)23-43(48(46,47)28-12-8-5-9-13-28)27-18-19-30(37)29(21-27)35(38,39)40/h4-19,21,31H,20,22-23H2,1-3H3,(H,41,45)/t31-/m1/s1. The first-order valence-corrected chi connectivity index (χ1v) is 17.0. The molecule has 4 rings (SSSR count). The first-order chi connectivity index (χ1) is 22.5. The molecule has 0 aliphatic carbocycles. The second-order valence-corrected chi connectivity index (χ2v) is 14.8. The van der Waals surface area contributed by atoms with Gasteiger partial charge in [0.15, 0.2) is 0 Å². The molecule has 0 bridgehead atoms. The van der Waals surface area contributed by atoms with Crippen LogP contribution in [0.2, 0.25) is 10.0 Å². The number of amides is 2. The van der Waals surface area contributed by atoms with Crippen molar-refractivity contribution in [2.45, 2.75) is 56.4 Å². The van der Waals surface area contributed by atoms with Crippen molar-refractivity contribution in [2.24, 2.45) is 0 Å². The highest BCUT2D eigenvalue weighted by Crippen LogP contribution is 2.38. The minimum Gasteiger partial charge on any atom is -0.350 e. The Hall–Kier alpha value is -4.06. The van der Waals surface area contributed by atoms with Gasteiger partial charge in [-0.3, -0.25) is 13.9 Å². The number of sulfonamides is 1. The molecule has 0 radical (unpaired) electrons. The summed E-state index contributed by atoms with van der Waals surface area (Å²) in [5.41, 5.74) is -1.10. The summed E-state index contributed by atoms with van der Waals surface area (Å²) in [5, 5.41) is 2.71. The third-order valence-corrected chi connectivity index (χ3v) is 9.56. The van der Waals surface area contributed by atoms with Crippen LogP contribution >= 0.6 is 23.2 Å². The Kier molecular flexibility index (Phi) is 11.5. The van der Waals surface area contributed by atoms with Crippen molar-refractivity contribution in [3.63, 3.8) is 0 Å². The molecule has 48 heavy (non-hydrogen) atoms. The number of carbonyl (C=O) groups is 2. The largest absolute Gasteiger partial charge is 0.417 e. The topological polar surface area (TPSA) is 86.8 Å². The summed E-state index contributed by atoms with van der Waals surface area (Å²) in [7, 11) is -4.61. The van der Waals surface area contributed by atoms with Gasteiger partial charge < -0.3 is 10.2 Å². The van der Waals surface area contributed by atoms with Crippen LogP contribution in [0.4, 0.5) is 18.9 Å². The van der Waals surface area contributed by atoms with E-state index in [1.807, 2.05) is 0 Å². The van der Waals surface area contributed by atoms with Gasteiger partial charge in [-0.25, -0.2) is 8.42 Å². The molecule has 1 N–H and O–H groups in total. The lowest BCUT2D eigenvalue weighted by Gasteiger charge is -2.35. The van der Waals surface area contributed by atoms with Crippen molar-refractivity contribution >= 4 is 50.7 Å². The Labute approximate surface area is 288 Å². The van der Waals surface area contributed by atoms with Gasteiger partial charge in [-0.2, -0.15) is 13.2 Å². The molecular weight excluding hydrogens is 686 g/mol. The molecule has 0 saturated heterocycles. The van der Waals surface area contributed by atoms with Crippen LogP contribution in [0.1, 0.15) is 37.5 Å². The van der Waals surface area contributed by atoms with E-state index in [0.29, 0.717) is 21.0 Å². The predicted molar refractivity (Wildman–Crippen MR) is 181 cm³/mol. The van der Waals surface area contributed by atoms with Crippen LogP contribution in [0.5, 0.6) is 0 Å². The number of anilines is 1. The summed E-state index contributed by atoms with van der Waals surface area (Å²) in [6, 6.07) is 24.0. The molecule has 0 aromatic heterocycles. The number of hydrogen-bond acceptors (Lipinski definition) is 4. The van der Waals surface area contributed by atoms with Crippen LogP contribution in [-0.2, 0) is 38.8 Å². The average Bonchev–Trinajstić information content (AvgIpc) is 3.02. The van der Waals surface area contributed by atoms with Crippen LogP contribution in [0.15, 0.2) is 108 Å². The highest BCUT2D eigenvalue weighted by molar-refractivity contribution is 7.92. The first kappa shape index (κ1) is 36.8. The Bertz CT molecular complexity index is 1840. The molecule has 13 heteroatoms. The lowest BCUT2D eigenvalue weighted by atomic mass is 10.0. The van der Waals surface area contributed by atoms with Gasteiger partial charge in [0.2, 0.25) is 11.8 Å². The van der Waals surface area contributed by atoms with E-state index in [9.17, 15) is 31.2 Å². The van der Waals surface area contributed by atoms with Gasteiger partial charge in [-0.15, -0.1) is 0 Å². The summed E-state index contributed by atoms with van der Waals surface area (Å²) in [6.45, 7) is 4.27. The van der Waals surface area contributed by atoms with Crippen molar-refractivity contribution in [1.29, 1.82) is 0 Å². The third kappa shape index (κ3) is 9.52. The molecule has 4 aromatic rings. The van der Waals surface area contributed by atoms with E-state index in [0.717, 1.165) is 17.7 Å². The van der Waals surface area contributed by atoms with E-state index < -0.39 is 62.4 Å². The second-order valence-electron chi connectivity index (χ2n) is 12.1. The third-order valence-electron chi connectivity index (χ3n) is 7.19. The minimum absolute atomic E-state index is 0.0622. The fraction of sp³-hybridized carbons (Fsp3) is 0.257. The molecule has 0 saturated carbocycles. The van der Waals surface area contributed by atoms with Gasteiger partial charge >= 0.3 is 6.18 Å². The van der Waals surface area contributed by atoms with Gasteiger partial charge in [0.05, 0.1) is 21.2 Å². The molecule has 7 nitrogen and oxygen atoms in total. The fourth-order valence-electron chi connectivity index (χ4n) is 4.93. The molecule has 2 amide bonds. The van der Waals surface area contributed by atoms with Gasteiger partial charge in [-0.1, -0.05) is 83.9 Å². The van der Waals surface area contributed by atoms with Crippen molar-refractivity contribution in [1.82, 2.24) is 10.2 Å².